The number of rotatable bonds is 6. The van der Waals surface area contributed by atoms with Crippen LogP contribution in [0.15, 0.2) is 12.7 Å². The summed E-state index contributed by atoms with van der Waals surface area (Å²) in [5, 5.41) is 5.32. The van der Waals surface area contributed by atoms with E-state index < -0.39 is 5.54 Å². The van der Waals surface area contributed by atoms with Gasteiger partial charge in [-0.25, -0.2) is 0 Å². The highest BCUT2D eigenvalue weighted by atomic mass is 16.2. The van der Waals surface area contributed by atoms with Crippen LogP contribution in [0.3, 0.4) is 0 Å². The molecule has 0 aromatic carbocycles. The van der Waals surface area contributed by atoms with E-state index in [4.69, 9.17) is 0 Å². The van der Waals surface area contributed by atoms with Crippen molar-refractivity contribution in [2.45, 2.75) is 19.4 Å². The van der Waals surface area contributed by atoms with Gasteiger partial charge in [0.15, 0.2) is 0 Å². The molecule has 2 amide bonds. The van der Waals surface area contributed by atoms with Gasteiger partial charge in [0.2, 0.25) is 11.8 Å². The number of hydrogen-bond acceptors (Lipinski definition) is 3. The summed E-state index contributed by atoms with van der Waals surface area (Å²) in [7, 11) is 3.85. The Morgan fingerprint density at radius 3 is 2.38 bits per heavy atom. The standard InChI is InChI=1S/C11H21N3O2/c1-6-9(15)13-11(2,3)10(16)12-7-8-14(4)5/h6H,1,7-8H2,2-5H3,(H,12,16)(H,13,15). The molecule has 5 nitrogen and oxygen atoms in total. The zero-order valence-corrected chi connectivity index (χ0v) is 10.5. The lowest BCUT2D eigenvalue weighted by Crippen LogP contribution is -2.55. The van der Waals surface area contributed by atoms with Gasteiger partial charge in [-0.05, 0) is 34.0 Å². The van der Waals surface area contributed by atoms with Gasteiger partial charge in [-0.15, -0.1) is 0 Å². The molecule has 0 unspecified atom stereocenters. The SMILES string of the molecule is C=CC(=O)NC(C)(C)C(=O)NCCN(C)C. The van der Waals surface area contributed by atoms with Crippen molar-refractivity contribution in [1.82, 2.24) is 15.5 Å². The maximum absolute atomic E-state index is 11.7. The van der Waals surface area contributed by atoms with Gasteiger partial charge in [-0.2, -0.15) is 0 Å². The lowest BCUT2D eigenvalue weighted by Gasteiger charge is -2.24. The van der Waals surface area contributed by atoms with Gasteiger partial charge in [-0.1, -0.05) is 6.58 Å². The topological polar surface area (TPSA) is 61.4 Å². The molecule has 0 aliphatic heterocycles. The van der Waals surface area contributed by atoms with E-state index in [0.29, 0.717) is 6.54 Å². The molecule has 0 saturated heterocycles. The van der Waals surface area contributed by atoms with Crippen LogP contribution in [0.5, 0.6) is 0 Å². The molecular weight excluding hydrogens is 206 g/mol. The molecule has 16 heavy (non-hydrogen) atoms. The number of nitrogens with one attached hydrogen (secondary N) is 2. The second kappa shape index (κ2) is 6.27. The molecule has 0 bridgehead atoms. The fraction of sp³-hybridized carbons (Fsp3) is 0.636. The van der Waals surface area contributed by atoms with Crippen LogP contribution in [0.1, 0.15) is 13.8 Å². The van der Waals surface area contributed by atoms with Crippen molar-refractivity contribution in [2.24, 2.45) is 0 Å². The molecule has 0 spiro atoms. The van der Waals surface area contributed by atoms with Gasteiger partial charge in [0.1, 0.15) is 5.54 Å². The van der Waals surface area contributed by atoms with Crippen LogP contribution < -0.4 is 10.6 Å². The van der Waals surface area contributed by atoms with Crippen molar-refractivity contribution in [3.63, 3.8) is 0 Å². The first-order valence-electron chi connectivity index (χ1n) is 5.17. The molecule has 0 aromatic rings. The third-order valence-corrected chi connectivity index (χ3v) is 2.03. The summed E-state index contributed by atoms with van der Waals surface area (Å²) < 4.78 is 0. The molecule has 0 rings (SSSR count). The molecule has 2 N–H and O–H groups in total. The van der Waals surface area contributed by atoms with E-state index in [1.165, 1.54) is 0 Å². The van der Waals surface area contributed by atoms with Gasteiger partial charge in [0.05, 0.1) is 0 Å². The van der Waals surface area contributed by atoms with Crippen LogP contribution in [0.4, 0.5) is 0 Å². The number of carbonyl (C=O) groups excluding carboxylic acids is 2. The van der Waals surface area contributed by atoms with Crippen LogP contribution in [0, 0.1) is 0 Å². The van der Waals surface area contributed by atoms with Crippen LogP contribution in [0.2, 0.25) is 0 Å². The minimum atomic E-state index is -0.919. The molecule has 0 saturated carbocycles. The molecule has 92 valence electrons. The van der Waals surface area contributed by atoms with Crippen molar-refractivity contribution in [3.05, 3.63) is 12.7 Å². The van der Waals surface area contributed by atoms with Crippen LogP contribution in [0.25, 0.3) is 0 Å². The predicted octanol–water partition coefficient (Wildman–Crippen LogP) is -0.255. The molecular formula is C11H21N3O2. The fourth-order valence-corrected chi connectivity index (χ4v) is 1.03. The molecule has 0 radical (unpaired) electrons. The van der Waals surface area contributed by atoms with Gasteiger partial charge in [0, 0.05) is 13.1 Å². The Kier molecular flexibility index (Phi) is 5.74. The van der Waals surface area contributed by atoms with Crippen molar-refractivity contribution < 1.29 is 9.59 Å². The molecule has 0 fully saturated rings. The maximum Gasteiger partial charge on any atom is 0.245 e. The van der Waals surface area contributed by atoms with E-state index in [0.717, 1.165) is 12.6 Å². The molecule has 0 aromatic heterocycles. The zero-order chi connectivity index (χ0) is 12.8. The molecule has 0 heterocycles. The number of nitrogens with zero attached hydrogens (tertiary/aromatic N) is 1. The maximum atomic E-state index is 11.7. The Labute approximate surface area is 96.9 Å². The Morgan fingerprint density at radius 1 is 1.38 bits per heavy atom. The first-order valence-corrected chi connectivity index (χ1v) is 5.17. The van der Waals surface area contributed by atoms with E-state index in [2.05, 4.69) is 17.2 Å². The predicted molar refractivity (Wildman–Crippen MR) is 64.0 cm³/mol. The summed E-state index contributed by atoms with van der Waals surface area (Å²) in [5.74, 6) is -0.558. The first-order chi connectivity index (χ1) is 7.29. The van der Waals surface area contributed by atoms with Crippen LogP contribution in [-0.2, 0) is 9.59 Å². The lowest BCUT2D eigenvalue weighted by atomic mass is 10.0. The highest BCUT2D eigenvalue weighted by Gasteiger charge is 2.28. The van der Waals surface area contributed by atoms with E-state index in [1.54, 1.807) is 13.8 Å². The first kappa shape index (κ1) is 14.6. The lowest BCUT2D eigenvalue weighted by molar-refractivity contribution is -0.130. The number of carbonyl (C=O) groups is 2. The van der Waals surface area contributed by atoms with E-state index in [-0.39, 0.29) is 11.8 Å². The normalized spacial score (nSPS) is 11.1. The number of amides is 2. The number of hydrogen-bond donors (Lipinski definition) is 2. The van der Waals surface area contributed by atoms with Crippen molar-refractivity contribution in [3.8, 4) is 0 Å². The molecule has 0 atom stereocenters. The van der Waals surface area contributed by atoms with Crippen molar-refractivity contribution in [2.75, 3.05) is 27.2 Å². The van der Waals surface area contributed by atoms with Crippen molar-refractivity contribution in [1.29, 1.82) is 0 Å². The second-order valence-corrected chi connectivity index (χ2v) is 4.38. The Bertz CT molecular complexity index is 272. The summed E-state index contributed by atoms with van der Waals surface area (Å²) in [6, 6.07) is 0. The van der Waals surface area contributed by atoms with Crippen molar-refractivity contribution >= 4 is 11.8 Å². The molecule has 0 aliphatic rings. The molecule has 0 aliphatic carbocycles. The number of likely N-dealkylation sites (N-methyl/N-ethyl adjacent to an activating group) is 1. The molecule has 5 heteroatoms. The summed E-state index contributed by atoms with van der Waals surface area (Å²) in [4.78, 5) is 24.8. The third-order valence-electron chi connectivity index (χ3n) is 2.03. The van der Waals surface area contributed by atoms with E-state index >= 15 is 0 Å². The summed E-state index contributed by atoms with van der Waals surface area (Å²) in [6.45, 7) is 7.96. The second-order valence-electron chi connectivity index (χ2n) is 4.38. The minimum absolute atomic E-state index is 0.204. The summed E-state index contributed by atoms with van der Waals surface area (Å²) in [6.07, 6.45) is 1.15. The highest BCUT2D eigenvalue weighted by Crippen LogP contribution is 2.01. The highest BCUT2D eigenvalue weighted by molar-refractivity contribution is 5.94. The fourth-order valence-electron chi connectivity index (χ4n) is 1.03. The average molecular weight is 227 g/mol. The van der Waals surface area contributed by atoms with Gasteiger partial charge >= 0.3 is 0 Å². The summed E-state index contributed by atoms with van der Waals surface area (Å²) >= 11 is 0. The Morgan fingerprint density at radius 2 is 1.94 bits per heavy atom. The quantitative estimate of drug-likeness (QED) is 0.615. The Hall–Kier alpha value is -1.36. The zero-order valence-electron chi connectivity index (χ0n) is 10.5. The van der Waals surface area contributed by atoms with Crippen LogP contribution >= 0.6 is 0 Å². The third kappa shape index (κ3) is 5.50. The average Bonchev–Trinajstić information content (AvgIpc) is 2.16. The van der Waals surface area contributed by atoms with Gasteiger partial charge < -0.3 is 15.5 Å². The monoisotopic (exact) mass is 227 g/mol. The summed E-state index contributed by atoms with van der Waals surface area (Å²) in [5.41, 5.74) is -0.919. The minimum Gasteiger partial charge on any atom is -0.353 e. The van der Waals surface area contributed by atoms with E-state index in [9.17, 15) is 9.59 Å². The van der Waals surface area contributed by atoms with E-state index in [1.807, 2.05) is 19.0 Å². The van der Waals surface area contributed by atoms with Crippen LogP contribution in [-0.4, -0.2) is 49.4 Å². The van der Waals surface area contributed by atoms with Gasteiger partial charge in [0.25, 0.3) is 0 Å². The van der Waals surface area contributed by atoms with Gasteiger partial charge in [-0.3, -0.25) is 9.59 Å². The smallest absolute Gasteiger partial charge is 0.245 e. The largest absolute Gasteiger partial charge is 0.353 e. The Balaban J connectivity index is 4.13.